The maximum absolute atomic E-state index is 11.8. The Labute approximate surface area is 196 Å². The summed E-state index contributed by atoms with van der Waals surface area (Å²) in [5.74, 6) is -0.355. The van der Waals surface area contributed by atoms with Crippen molar-refractivity contribution in [2.24, 2.45) is 0 Å². The molecule has 0 bridgehead atoms. The van der Waals surface area contributed by atoms with Crippen LogP contribution in [-0.2, 0) is 11.3 Å². The number of anilines is 2. The van der Waals surface area contributed by atoms with Gasteiger partial charge in [0.1, 0.15) is 0 Å². The number of carbonyl (C=O) groups excluding carboxylic acids is 1. The fourth-order valence-corrected chi connectivity index (χ4v) is 3.78. The monoisotopic (exact) mass is 476 g/mol. The average molecular weight is 477 g/mol. The highest BCUT2D eigenvalue weighted by Crippen LogP contribution is 2.27. The topological polar surface area (TPSA) is 68.2 Å². The third kappa shape index (κ3) is 5.55. The van der Waals surface area contributed by atoms with Crippen LogP contribution in [0.3, 0.4) is 0 Å². The van der Waals surface area contributed by atoms with Crippen molar-refractivity contribution < 1.29 is 9.53 Å². The zero-order valence-electron chi connectivity index (χ0n) is 17.3. The Morgan fingerprint density at radius 2 is 1.74 bits per heavy atom. The van der Waals surface area contributed by atoms with E-state index in [1.54, 1.807) is 43.3 Å². The highest BCUT2D eigenvalue weighted by molar-refractivity contribution is 7.80. The number of nitrogens with one attached hydrogen (secondary N) is 2. The van der Waals surface area contributed by atoms with Crippen LogP contribution in [0.1, 0.15) is 34.2 Å². The predicted octanol–water partition coefficient (Wildman–Crippen LogP) is 5.84. The molecule has 0 aliphatic rings. The molecule has 0 saturated heterocycles. The van der Waals surface area contributed by atoms with Crippen LogP contribution in [0.4, 0.5) is 11.4 Å². The second-order valence-electron chi connectivity index (χ2n) is 6.78. The van der Waals surface area contributed by atoms with Crippen molar-refractivity contribution in [1.82, 2.24) is 9.78 Å². The number of benzene rings is 2. The predicted molar refractivity (Wildman–Crippen MR) is 130 cm³/mol. The summed E-state index contributed by atoms with van der Waals surface area (Å²) in [4.78, 5) is 11.8. The summed E-state index contributed by atoms with van der Waals surface area (Å²) in [5, 5.41) is 12.5. The Kier molecular flexibility index (Phi) is 7.54. The SMILES string of the molecule is CCOC(=O)c1ccc(NC(=S)Nc2c(C)nn(Cc3c(Cl)cccc3Cl)c2C)cc1. The fourth-order valence-electron chi connectivity index (χ4n) is 3.04. The molecule has 0 spiro atoms. The first-order valence-corrected chi connectivity index (χ1v) is 10.8. The van der Waals surface area contributed by atoms with E-state index >= 15 is 0 Å². The number of aromatic nitrogens is 2. The quantitative estimate of drug-likeness (QED) is 0.344. The number of hydrogen-bond acceptors (Lipinski definition) is 4. The average Bonchev–Trinajstić information content (AvgIpc) is 2.99. The summed E-state index contributed by atoms with van der Waals surface area (Å²) in [6.45, 7) is 6.40. The van der Waals surface area contributed by atoms with Crippen LogP contribution in [-0.4, -0.2) is 27.5 Å². The highest BCUT2D eigenvalue weighted by atomic mass is 35.5. The minimum atomic E-state index is -0.355. The number of hydrogen-bond donors (Lipinski definition) is 2. The number of thiocarbonyl (C=S) groups is 1. The lowest BCUT2D eigenvalue weighted by atomic mass is 10.2. The summed E-state index contributed by atoms with van der Waals surface area (Å²) in [6.07, 6.45) is 0. The van der Waals surface area contributed by atoms with Gasteiger partial charge < -0.3 is 15.4 Å². The summed E-state index contributed by atoms with van der Waals surface area (Å²) in [7, 11) is 0. The number of halogens is 2. The molecule has 0 aliphatic heterocycles. The molecule has 0 fully saturated rings. The molecule has 0 radical (unpaired) electrons. The van der Waals surface area contributed by atoms with E-state index in [0.29, 0.717) is 33.9 Å². The lowest BCUT2D eigenvalue weighted by molar-refractivity contribution is 0.0526. The number of carbonyl (C=O) groups is 1. The van der Waals surface area contributed by atoms with Crippen LogP contribution in [0.25, 0.3) is 0 Å². The van der Waals surface area contributed by atoms with Gasteiger partial charge in [0.2, 0.25) is 0 Å². The second kappa shape index (κ2) is 10.1. The number of aryl methyl sites for hydroxylation is 1. The molecule has 31 heavy (non-hydrogen) atoms. The smallest absolute Gasteiger partial charge is 0.338 e. The molecule has 0 saturated carbocycles. The molecule has 9 heteroatoms. The Bertz CT molecular complexity index is 1090. The third-order valence-corrected chi connectivity index (χ3v) is 5.56. The highest BCUT2D eigenvalue weighted by Gasteiger charge is 2.15. The molecule has 2 aromatic carbocycles. The third-order valence-electron chi connectivity index (χ3n) is 4.64. The van der Waals surface area contributed by atoms with Gasteiger partial charge in [0.15, 0.2) is 5.11 Å². The van der Waals surface area contributed by atoms with E-state index in [2.05, 4.69) is 15.7 Å². The maximum Gasteiger partial charge on any atom is 0.338 e. The van der Waals surface area contributed by atoms with Crippen LogP contribution in [0.2, 0.25) is 10.0 Å². The molecule has 6 nitrogen and oxygen atoms in total. The van der Waals surface area contributed by atoms with E-state index in [-0.39, 0.29) is 5.97 Å². The van der Waals surface area contributed by atoms with Crippen molar-refractivity contribution >= 4 is 57.9 Å². The maximum atomic E-state index is 11.8. The first-order chi connectivity index (χ1) is 14.8. The Hall–Kier alpha value is -2.61. The van der Waals surface area contributed by atoms with Gasteiger partial charge in [-0.2, -0.15) is 5.10 Å². The molecule has 0 aliphatic carbocycles. The van der Waals surface area contributed by atoms with Gasteiger partial charge in [-0.15, -0.1) is 0 Å². The van der Waals surface area contributed by atoms with Crippen molar-refractivity contribution in [2.75, 3.05) is 17.2 Å². The summed E-state index contributed by atoms with van der Waals surface area (Å²) >= 11 is 18.1. The molecule has 1 heterocycles. The normalized spacial score (nSPS) is 10.6. The van der Waals surface area contributed by atoms with Gasteiger partial charge in [0, 0.05) is 21.3 Å². The van der Waals surface area contributed by atoms with Crippen LogP contribution < -0.4 is 10.6 Å². The van der Waals surface area contributed by atoms with Crippen molar-refractivity contribution in [3.63, 3.8) is 0 Å². The van der Waals surface area contributed by atoms with Crippen molar-refractivity contribution in [3.05, 3.63) is 75.0 Å². The Morgan fingerprint density at radius 3 is 2.35 bits per heavy atom. The standard InChI is InChI=1S/C22H22Cl2N4O2S/c1-4-30-21(29)15-8-10-16(11-9-15)25-22(31)26-20-13(2)27-28(14(20)3)12-17-18(23)6-5-7-19(17)24/h5-11H,4,12H2,1-3H3,(H2,25,26,31). The van der Waals surface area contributed by atoms with E-state index in [9.17, 15) is 4.79 Å². The van der Waals surface area contributed by atoms with E-state index in [1.165, 1.54) is 0 Å². The van der Waals surface area contributed by atoms with E-state index in [0.717, 1.165) is 28.3 Å². The van der Waals surface area contributed by atoms with Gasteiger partial charge in [-0.1, -0.05) is 29.3 Å². The van der Waals surface area contributed by atoms with Crippen molar-refractivity contribution in [2.45, 2.75) is 27.3 Å². The van der Waals surface area contributed by atoms with Crippen LogP contribution in [0, 0.1) is 13.8 Å². The molecule has 162 valence electrons. The van der Waals surface area contributed by atoms with Gasteiger partial charge >= 0.3 is 5.97 Å². The molecule has 1 aromatic heterocycles. The zero-order valence-corrected chi connectivity index (χ0v) is 19.7. The molecular formula is C22H22Cl2N4O2S. The van der Waals surface area contributed by atoms with Gasteiger partial charge in [0.25, 0.3) is 0 Å². The fraction of sp³-hybridized carbons (Fsp3) is 0.227. The number of rotatable bonds is 6. The number of esters is 1. The van der Waals surface area contributed by atoms with E-state index in [1.807, 2.05) is 24.6 Å². The van der Waals surface area contributed by atoms with Gasteiger partial charge in [-0.25, -0.2) is 4.79 Å². The molecule has 3 rings (SSSR count). The molecule has 3 aromatic rings. The molecule has 0 amide bonds. The van der Waals surface area contributed by atoms with Crippen LogP contribution in [0.5, 0.6) is 0 Å². The lowest BCUT2D eigenvalue weighted by Gasteiger charge is -2.12. The molecule has 0 atom stereocenters. The van der Waals surface area contributed by atoms with E-state index in [4.69, 9.17) is 40.2 Å². The minimum Gasteiger partial charge on any atom is -0.462 e. The van der Waals surface area contributed by atoms with Crippen LogP contribution in [0.15, 0.2) is 42.5 Å². The first kappa shape index (κ1) is 23.1. The van der Waals surface area contributed by atoms with E-state index < -0.39 is 0 Å². The van der Waals surface area contributed by atoms with Crippen LogP contribution >= 0.6 is 35.4 Å². The van der Waals surface area contributed by atoms with Gasteiger partial charge in [0.05, 0.1) is 35.8 Å². The zero-order chi connectivity index (χ0) is 22.5. The molecule has 2 N–H and O–H groups in total. The summed E-state index contributed by atoms with van der Waals surface area (Å²) in [5.41, 5.74) is 4.54. The second-order valence-corrected chi connectivity index (χ2v) is 8.00. The Morgan fingerprint density at radius 1 is 1.10 bits per heavy atom. The summed E-state index contributed by atoms with van der Waals surface area (Å²) in [6, 6.07) is 12.3. The molecular weight excluding hydrogens is 455 g/mol. The minimum absolute atomic E-state index is 0.335. The first-order valence-electron chi connectivity index (χ1n) is 9.62. The number of nitrogens with zero attached hydrogens (tertiary/aromatic N) is 2. The van der Waals surface area contributed by atoms with Crippen molar-refractivity contribution in [1.29, 1.82) is 0 Å². The molecule has 0 unspecified atom stereocenters. The Balaban J connectivity index is 1.70. The summed E-state index contributed by atoms with van der Waals surface area (Å²) < 4.78 is 6.83. The van der Waals surface area contributed by atoms with Gasteiger partial charge in [-0.05, 0) is 69.4 Å². The largest absolute Gasteiger partial charge is 0.462 e. The van der Waals surface area contributed by atoms with Gasteiger partial charge in [-0.3, -0.25) is 4.68 Å². The lowest BCUT2D eigenvalue weighted by Crippen LogP contribution is -2.20. The van der Waals surface area contributed by atoms with Crippen molar-refractivity contribution in [3.8, 4) is 0 Å². The number of ether oxygens (including phenoxy) is 1.